The predicted molar refractivity (Wildman–Crippen MR) is 98.7 cm³/mol. The van der Waals surface area contributed by atoms with Crippen LogP contribution < -0.4 is 4.74 Å². The zero-order valence-corrected chi connectivity index (χ0v) is 15.5. The highest BCUT2D eigenvalue weighted by atomic mass is 32.2. The van der Waals surface area contributed by atoms with Crippen molar-refractivity contribution in [1.82, 2.24) is 20.1 Å². The van der Waals surface area contributed by atoms with Crippen molar-refractivity contribution >= 4 is 17.7 Å². The molecule has 134 valence electrons. The smallest absolute Gasteiger partial charge is 0.235 e. The Bertz CT molecular complexity index is 693. The molecule has 1 N–H and O–H groups in total. The molecule has 3 rings (SSSR count). The van der Waals surface area contributed by atoms with Gasteiger partial charge in [-0.2, -0.15) is 0 Å². The number of hydrogen-bond donors (Lipinski definition) is 1. The van der Waals surface area contributed by atoms with Crippen LogP contribution in [0.1, 0.15) is 32.6 Å². The number of H-pyrrole nitrogens is 1. The number of thioether (sulfide) groups is 1. The average molecular weight is 360 g/mol. The van der Waals surface area contributed by atoms with Gasteiger partial charge in [0.25, 0.3) is 0 Å². The third-order valence-electron chi connectivity index (χ3n) is 4.38. The van der Waals surface area contributed by atoms with Crippen molar-refractivity contribution in [2.45, 2.75) is 43.0 Å². The molecule has 0 spiro atoms. The van der Waals surface area contributed by atoms with E-state index in [0.29, 0.717) is 11.0 Å². The molecule has 1 aromatic carbocycles. The first-order valence-electron chi connectivity index (χ1n) is 8.69. The fraction of sp³-hybridized carbons (Fsp3) is 0.500. The van der Waals surface area contributed by atoms with Crippen LogP contribution in [0.5, 0.6) is 5.75 Å². The Morgan fingerprint density at radius 3 is 2.52 bits per heavy atom. The number of ether oxygens (including phenoxy) is 1. The molecule has 1 aromatic heterocycles. The van der Waals surface area contributed by atoms with E-state index in [-0.39, 0.29) is 11.2 Å². The molecular weight excluding hydrogens is 336 g/mol. The van der Waals surface area contributed by atoms with Gasteiger partial charge in [0.2, 0.25) is 11.1 Å². The minimum atomic E-state index is -0.183. The van der Waals surface area contributed by atoms with Gasteiger partial charge >= 0.3 is 0 Å². The molecule has 0 aliphatic carbocycles. The molecule has 1 aliphatic rings. The third-order valence-corrected chi connectivity index (χ3v) is 5.32. The molecule has 2 aromatic rings. The summed E-state index contributed by atoms with van der Waals surface area (Å²) in [5.41, 5.74) is 0.937. The molecule has 1 saturated heterocycles. The van der Waals surface area contributed by atoms with Crippen LogP contribution in [0.25, 0.3) is 11.4 Å². The first-order chi connectivity index (χ1) is 12.2. The van der Waals surface area contributed by atoms with Crippen molar-refractivity contribution < 1.29 is 9.53 Å². The Labute approximate surface area is 152 Å². The maximum Gasteiger partial charge on any atom is 0.235 e. The number of carbonyl (C=O) groups excluding carboxylic acids is 1. The number of likely N-dealkylation sites (tertiary alicyclic amines) is 1. The lowest BCUT2D eigenvalue weighted by molar-refractivity contribution is -0.130. The lowest BCUT2D eigenvalue weighted by Gasteiger charge is -2.23. The van der Waals surface area contributed by atoms with Crippen LogP contribution in [0, 0.1) is 0 Å². The Hall–Kier alpha value is -2.02. The first kappa shape index (κ1) is 17.8. The summed E-state index contributed by atoms with van der Waals surface area (Å²) in [6, 6.07) is 7.63. The lowest BCUT2D eigenvalue weighted by Crippen LogP contribution is -2.37. The van der Waals surface area contributed by atoms with Gasteiger partial charge in [0.05, 0.1) is 12.4 Å². The van der Waals surface area contributed by atoms with Gasteiger partial charge in [-0.3, -0.25) is 9.89 Å². The van der Waals surface area contributed by atoms with Gasteiger partial charge in [-0.15, -0.1) is 5.10 Å². The summed E-state index contributed by atoms with van der Waals surface area (Å²) in [5, 5.41) is 7.61. The van der Waals surface area contributed by atoms with Crippen molar-refractivity contribution in [2.75, 3.05) is 20.2 Å². The monoisotopic (exact) mass is 360 g/mol. The maximum absolute atomic E-state index is 12.6. The molecule has 1 unspecified atom stereocenters. The van der Waals surface area contributed by atoms with Gasteiger partial charge in [0, 0.05) is 18.7 Å². The van der Waals surface area contributed by atoms with Crippen LogP contribution in [0.3, 0.4) is 0 Å². The summed E-state index contributed by atoms with van der Waals surface area (Å²) in [6.45, 7) is 3.67. The number of hydrogen-bond acceptors (Lipinski definition) is 5. The van der Waals surface area contributed by atoms with Crippen LogP contribution in [0.4, 0.5) is 0 Å². The van der Waals surface area contributed by atoms with Gasteiger partial charge in [0.1, 0.15) is 5.75 Å². The van der Waals surface area contributed by atoms with Crippen LogP contribution in [-0.4, -0.2) is 51.4 Å². The van der Waals surface area contributed by atoms with Gasteiger partial charge < -0.3 is 9.64 Å². The van der Waals surface area contributed by atoms with E-state index in [9.17, 15) is 4.79 Å². The molecule has 1 aliphatic heterocycles. The van der Waals surface area contributed by atoms with E-state index in [1.807, 2.05) is 36.1 Å². The molecule has 7 heteroatoms. The standard InChI is InChI=1S/C18H24N4O2S/c1-13(17(23)22-11-5-3-4-6-12-22)25-18-19-16(20-21-18)14-7-9-15(24-2)10-8-14/h7-10,13H,3-6,11-12H2,1-2H3,(H,19,20,21). The highest BCUT2D eigenvalue weighted by Crippen LogP contribution is 2.25. The second-order valence-corrected chi connectivity index (χ2v) is 7.50. The number of amides is 1. The molecule has 1 amide bonds. The molecule has 0 saturated carbocycles. The summed E-state index contributed by atoms with van der Waals surface area (Å²) >= 11 is 1.41. The van der Waals surface area contributed by atoms with Gasteiger partial charge in [-0.05, 0) is 44.0 Å². The number of carbonyl (C=O) groups is 1. The quantitative estimate of drug-likeness (QED) is 0.828. The molecule has 2 heterocycles. The zero-order chi connectivity index (χ0) is 17.6. The van der Waals surface area contributed by atoms with Gasteiger partial charge in [-0.25, -0.2) is 4.98 Å². The second-order valence-electron chi connectivity index (χ2n) is 6.19. The number of nitrogens with zero attached hydrogens (tertiary/aromatic N) is 3. The second kappa shape index (κ2) is 8.38. The SMILES string of the molecule is COc1ccc(-c2nc(SC(C)C(=O)N3CCCCCC3)n[nH]2)cc1. The van der Waals surface area contributed by atoms with Crippen LogP contribution in [0.2, 0.25) is 0 Å². The molecule has 0 radical (unpaired) electrons. The van der Waals surface area contributed by atoms with E-state index in [1.165, 1.54) is 24.6 Å². The van der Waals surface area contributed by atoms with E-state index in [4.69, 9.17) is 4.74 Å². The van der Waals surface area contributed by atoms with E-state index < -0.39 is 0 Å². The minimum absolute atomic E-state index is 0.183. The van der Waals surface area contributed by atoms with E-state index in [0.717, 1.165) is 37.2 Å². The topological polar surface area (TPSA) is 71.1 Å². The van der Waals surface area contributed by atoms with Gasteiger partial charge in [-0.1, -0.05) is 24.6 Å². The number of methoxy groups -OCH3 is 1. The number of aromatic amines is 1. The van der Waals surface area contributed by atoms with Crippen molar-refractivity contribution in [1.29, 1.82) is 0 Å². The lowest BCUT2D eigenvalue weighted by atomic mass is 10.2. The van der Waals surface area contributed by atoms with E-state index in [2.05, 4.69) is 15.2 Å². The average Bonchev–Trinajstić information content (AvgIpc) is 2.93. The number of rotatable bonds is 5. The predicted octanol–water partition coefficient (Wildman–Crippen LogP) is 3.36. The van der Waals surface area contributed by atoms with Crippen LogP contribution in [-0.2, 0) is 4.79 Å². The fourth-order valence-corrected chi connectivity index (χ4v) is 3.74. The summed E-state index contributed by atoms with van der Waals surface area (Å²) in [5.74, 6) is 1.68. The number of nitrogens with one attached hydrogen (secondary N) is 1. The Balaban J connectivity index is 1.62. The molecular formula is C18H24N4O2S. The van der Waals surface area contributed by atoms with Crippen molar-refractivity contribution in [2.24, 2.45) is 0 Å². The summed E-state index contributed by atoms with van der Waals surface area (Å²) in [7, 11) is 1.64. The largest absolute Gasteiger partial charge is 0.497 e. The summed E-state index contributed by atoms with van der Waals surface area (Å²) in [6.07, 6.45) is 4.64. The summed E-state index contributed by atoms with van der Waals surface area (Å²) < 4.78 is 5.16. The Morgan fingerprint density at radius 1 is 1.20 bits per heavy atom. The molecule has 1 fully saturated rings. The Kier molecular flexibility index (Phi) is 5.96. The van der Waals surface area contributed by atoms with Crippen molar-refractivity contribution in [3.05, 3.63) is 24.3 Å². The Morgan fingerprint density at radius 2 is 1.88 bits per heavy atom. The van der Waals surface area contributed by atoms with Crippen molar-refractivity contribution in [3.8, 4) is 17.1 Å². The third kappa shape index (κ3) is 4.54. The van der Waals surface area contributed by atoms with Crippen LogP contribution in [0.15, 0.2) is 29.4 Å². The highest BCUT2D eigenvalue weighted by molar-refractivity contribution is 8.00. The number of benzene rings is 1. The number of aromatic nitrogens is 3. The minimum Gasteiger partial charge on any atom is -0.497 e. The van der Waals surface area contributed by atoms with Crippen LogP contribution >= 0.6 is 11.8 Å². The fourth-order valence-electron chi connectivity index (χ4n) is 2.93. The van der Waals surface area contributed by atoms with Crippen molar-refractivity contribution in [3.63, 3.8) is 0 Å². The highest BCUT2D eigenvalue weighted by Gasteiger charge is 2.23. The maximum atomic E-state index is 12.6. The zero-order valence-electron chi connectivity index (χ0n) is 14.7. The molecule has 1 atom stereocenters. The molecule has 0 bridgehead atoms. The van der Waals surface area contributed by atoms with E-state index in [1.54, 1.807) is 7.11 Å². The summed E-state index contributed by atoms with van der Waals surface area (Å²) in [4.78, 5) is 19.1. The van der Waals surface area contributed by atoms with Gasteiger partial charge in [0.15, 0.2) is 5.82 Å². The first-order valence-corrected chi connectivity index (χ1v) is 9.57. The molecule has 25 heavy (non-hydrogen) atoms. The van der Waals surface area contributed by atoms with E-state index >= 15 is 0 Å². The molecule has 6 nitrogen and oxygen atoms in total. The normalized spacial score (nSPS) is 16.3.